The average molecular weight is 1030 g/mol. The van der Waals surface area contributed by atoms with Crippen molar-refractivity contribution in [3.63, 3.8) is 0 Å². The number of carbonyl (C=O) groups is 3. The molecule has 0 saturated carbocycles. The Morgan fingerprint density at radius 2 is 1.75 bits per heavy atom. The highest BCUT2D eigenvalue weighted by Crippen LogP contribution is 2.44. The van der Waals surface area contributed by atoms with Gasteiger partial charge in [0.25, 0.3) is 0 Å². The van der Waals surface area contributed by atoms with Crippen molar-refractivity contribution in [2.75, 3.05) is 57.4 Å². The van der Waals surface area contributed by atoms with Crippen molar-refractivity contribution in [1.29, 1.82) is 0 Å². The van der Waals surface area contributed by atoms with Gasteiger partial charge in [-0.2, -0.15) is 9.97 Å². The smallest absolute Gasteiger partial charge is 0.409 e. The lowest BCUT2D eigenvalue weighted by molar-refractivity contribution is -0.135. The van der Waals surface area contributed by atoms with Gasteiger partial charge in [-0.15, -0.1) is 0 Å². The maximum absolute atomic E-state index is 17.2. The number of nitrogens with zero attached hydrogens (tertiary/aromatic N) is 8. The number of halogens is 2. The number of piperidine rings is 3. The van der Waals surface area contributed by atoms with Gasteiger partial charge in [0.2, 0.25) is 11.8 Å². The number of carbonyl (C=O) groups excluding carboxylic acids is 3. The van der Waals surface area contributed by atoms with Crippen LogP contribution in [0.5, 0.6) is 17.5 Å². The highest BCUT2D eigenvalue weighted by molar-refractivity contribution is 6.02. The molecule has 3 aromatic heterocycles. The Bertz CT molecular complexity index is 3300. The second kappa shape index (κ2) is 20.0. The number of aliphatic hydroxyl groups is 1. The Morgan fingerprint density at radius 1 is 0.933 bits per heavy atom. The number of nitrogens with one attached hydrogen (secondary N) is 1. The molecule has 20 heteroatoms. The van der Waals surface area contributed by atoms with Crippen molar-refractivity contribution in [3.8, 4) is 28.8 Å². The number of likely N-dealkylation sites (tertiary alicyclic amines) is 1. The maximum Gasteiger partial charge on any atom is 0.409 e. The summed E-state index contributed by atoms with van der Waals surface area (Å²) in [6, 6.07) is 10.4. The second-order valence-corrected chi connectivity index (χ2v) is 21.5. The molecule has 75 heavy (non-hydrogen) atoms. The van der Waals surface area contributed by atoms with E-state index in [0.717, 1.165) is 51.5 Å². The van der Waals surface area contributed by atoms with Gasteiger partial charge in [0, 0.05) is 63.5 Å². The van der Waals surface area contributed by atoms with Crippen LogP contribution in [0.25, 0.3) is 44.0 Å². The summed E-state index contributed by atoms with van der Waals surface area (Å²) in [6.45, 7) is 7.25. The van der Waals surface area contributed by atoms with E-state index in [0.29, 0.717) is 95.7 Å². The van der Waals surface area contributed by atoms with Crippen molar-refractivity contribution < 1.29 is 47.6 Å². The van der Waals surface area contributed by atoms with Crippen LogP contribution in [-0.4, -0.2) is 132 Å². The second-order valence-electron chi connectivity index (χ2n) is 21.5. The predicted molar refractivity (Wildman–Crippen MR) is 275 cm³/mol. The minimum Gasteiger partial charge on any atom is -0.508 e. The van der Waals surface area contributed by atoms with Crippen LogP contribution in [0.2, 0.25) is 0 Å². The van der Waals surface area contributed by atoms with Crippen LogP contribution < -0.4 is 25.4 Å². The average Bonchev–Trinajstić information content (AvgIpc) is 4.05. The fraction of sp³-hybridized carbons (Fsp3) is 0.509. The first-order valence-electron chi connectivity index (χ1n) is 26.4. The third kappa shape index (κ3) is 9.48. The van der Waals surface area contributed by atoms with Crippen molar-refractivity contribution in [2.45, 2.75) is 114 Å². The summed E-state index contributed by atoms with van der Waals surface area (Å²) in [5.41, 5.74) is -0.0280. The SMILES string of the molecule is CCc1c(F)ccc2cc(O)cc(-c3ncc4c(N5CCC[C@@](C)(O)C5)nc(OC[C@]56CCCN5[C@H](COC(=O)N5CCC(CCOc7ccc8c(c7)n(C)c(=O)n8C7CCC(=O)NC7=O)CC5)CC6)nc4c3F)c12. The number of aryl methyl sites for hydroxylation is 2. The number of ether oxygens (including phenoxy) is 3. The molecule has 0 bridgehead atoms. The number of β-amino-alcohol motifs (C(OH)–C–C–N with tert-alkyl or cyclic N) is 1. The number of amides is 3. The fourth-order valence-corrected chi connectivity index (χ4v) is 12.6. The molecular formula is C55H63F2N9O9. The molecule has 6 aromatic rings. The highest BCUT2D eigenvalue weighted by atomic mass is 19.1. The van der Waals surface area contributed by atoms with E-state index in [2.05, 4.69) is 20.2 Å². The van der Waals surface area contributed by atoms with Crippen LogP contribution in [0.1, 0.15) is 96.1 Å². The molecule has 396 valence electrons. The molecule has 5 aliphatic rings. The van der Waals surface area contributed by atoms with Crippen LogP contribution in [0.4, 0.5) is 19.4 Å². The molecule has 8 heterocycles. The van der Waals surface area contributed by atoms with Crippen molar-refractivity contribution >= 4 is 56.4 Å². The maximum atomic E-state index is 17.2. The Morgan fingerprint density at radius 3 is 2.53 bits per heavy atom. The van der Waals surface area contributed by atoms with E-state index in [-0.39, 0.29) is 90.4 Å². The standard InChI is InChI=1S/C55H63F2N9O9/c1-4-37-40(56)9-7-33-25-35(67)26-38(45(33)37)47-46(57)48-39(28-58-47)49(64-20-5-17-54(2,72)30-64)61-51(60-48)75-31-55-18-6-21-65(55)34(13-19-55)29-74-53(71)63-22-14-32(15-23-63)16-24-73-36-8-10-41-43(27-36)62(3)52(70)66(41)42-11-12-44(68)59-50(42)69/h7-10,25-28,32,34,42,67,72H,4-6,11-24,29-31H2,1-3H3,(H,59,68,69)/t34-,42?,54+,55+/m0/s1. The molecule has 11 rings (SSSR count). The van der Waals surface area contributed by atoms with Gasteiger partial charge in [0.05, 0.1) is 34.2 Å². The van der Waals surface area contributed by atoms with Crippen molar-refractivity contribution in [2.24, 2.45) is 13.0 Å². The summed E-state index contributed by atoms with van der Waals surface area (Å²) in [4.78, 5) is 71.2. The summed E-state index contributed by atoms with van der Waals surface area (Å²) in [5.74, 6) is -0.808. The van der Waals surface area contributed by atoms with Crippen LogP contribution in [0.15, 0.2) is 53.5 Å². The van der Waals surface area contributed by atoms with Crippen molar-refractivity contribution in [3.05, 3.63) is 76.3 Å². The molecule has 0 aliphatic carbocycles. The largest absolute Gasteiger partial charge is 0.508 e. The topological polar surface area (TPSA) is 207 Å². The molecule has 3 N–H and O–H groups in total. The number of phenolic OH excluding ortho intramolecular Hbond substituents is 1. The zero-order valence-electron chi connectivity index (χ0n) is 42.6. The lowest BCUT2D eigenvalue weighted by Crippen LogP contribution is -2.48. The van der Waals surface area contributed by atoms with Gasteiger partial charge in [-0.1, -0.05) is 13.0 Å². The van der Waals surface area contributed by atoms with Gasteiger partial charge in [-0.3, -0.25) is 33.9 Å². The molecule has 1 unspecified atom stereocenters. The number of imide groups is 1. The van der Waals surface area contributed by atoms with E-state index >= 15 is 8.78 Å². The van der Waals surface area contributed by atoms with Gasteiger partial charge in [0.15, 0.2) is 5.82 Å². The minimum absolute atomic E-state index is 0.0166. The van der Waals surface area contributed by atoms with Crippen molar-refractivity contribution in [1.82, 2.24) is 39.2 Å². The van der Waals surface area contributed by atoms with E-state index in [1.54, 1.807) is 43.1 Å². The molecule has 5 fully saturated rings. The molecule has 5 aliphatic heterocycles. The van der Waals surface area contributed by atoms with E-state index < -0.39 is 29.2 Å². The normalized spacial score (nSPS) is 23.6. The lowest BCUT2D eigenvalue weighted by Gasteiger charge is -2.38. The predicted octanol–water partition coefficient (Wildman–Crippen LogP) is 7.07. The number of benzene rings is 3. The number of anilines is 1. The number of imidazole rings is 1. The van der Waals surface area contributed by atoms with E-state index in [1.807, 2.05) is 11.8 Å². The zero-order valence-corrected chi connectivity index (χ0v) is 42.6. The first kappa shape index (κ1) is 50.2. The highest BCUT2D eigenvalue weighted by Gasteiger charge is 2.50. The quantitative estimate of drug-likeness (QED) is 0.0991. The van der Waals surface area contributed by atoms with Crippen LogP contribution in [0, 0.1) is 17.6 Å². The fourth-order valence-electron chi connectivity index (χ4n) is 12.6. The Kier molecular flexibility index (Phi) is 13.4. The van der Waals surface area contributed by atoms with Gasteiger partial charge < -0.3 is 34.2 Å². The van der Waals surface area contributed by atoms with E-state index in [1.165, 1.54) is 33.5 Å². The minimum atomic E-state index is -1.01. The van der Waals surface area contributed by atoms with Crippen LogP contribution in [0.3, 0.4) is 0 Å². The van der Waals surface area contributed by atoms with Gasteiger partial charge >= 0.3 is 17.8 Å². The zero-order chi connectivity index (χ0) is 52.3. The molecular weight excluding hydrogens is 969 g/mol. The monoisotopic (exact) mass is 1030 g/mol. The number of phenols is 1. The number of aromatic hydroxyl groups is 1. The van der Waals surface area contributed by atoms with E-state index in [4.69, 9.17) is 19.2 Å². The first-order valence-corrected chi connectivity index (χ1v) is 26.4. The Hall–Kier alpha value is -6.93. The molecule has 0 radical (unpaired) electrons. The number of fused-ring (bicyclic) bond motifs is 4. The summed E-state index contributed by atoms with van der Waals surface area (Å²) >= 11 is 0. The summed E-state index contributed by atoms with van der Waals surface area (Å²) in [5, 5.41) is 25.6. The number of pyridine rings is 1. The molecule has 3 aromatic carbocycles. The van der Waals surface area contributed by atoms with E-state index in [9.17, 15) is 29.4 Å². The summed E-state index contributed by atoms with van der Waals surface area (Å²) in [6.07, 6.45) is 8.96. The first-order chi connectivity index (χ1) is 36.1. The molecule has 4 atom stereocenters. The third-order valence-corrected chi connectivity index (χ3v) is 16.5. The Balaban J connectivity index is 0.723. The van der Waals surface area contributed by atoms with Gasteiger partial charge in [0.1, 0.15) is 53.6 Å². The number of hydrogen-bond acceptors (Lipinski definition) is 14. The van der Waals surface area contributed by atoms with Gasteiger partial charge in [-0.25, -0.2) is 18.4 Å². The molecule has 18 nitrogen and oxygen atoms in total. The molecule has 5 saturated heterocycles. The third-order valence-electron chi connectivity index (χ3n) is 16.5. The van der Waals surface area contributed by atoms with Crippen LogP contribution in [-0.2, 0) is 27.8 Å². The summed E-state index contributed by atoms with van der Waals surface area (Å²) in [7, 11) is 1.65. The molecule has 3 amide bonds. The number of aromatic nitrogens is 5. The summed E-state index contributed by atoms with van der Waals surface area (Å²) < 4.78 is 54.0. The van der Waals surface area contributed by atoms with Gasteiger partial charge in [-0.05, 0) is 137 Å². The number of rotatable bonds is 13. The molecule has 0 spiro atoms. The lowest BCUT2D eigenvalue weighted by atomic mass is 9.94. The number of hydrogen-bond donors (Lipinski definition) is 3. The Labute approximate surface area is 431 Å². The van der Waals surface area contributed by atoms with Crippen LogP contribution >= 0.6 is 0 Å².